The standard InChI is InChI=1S/C29H25NO4S/c31-27(32)26(30-28(33)34-25-19-11-4-12-20-25)21-35-29(22-13-5-1-6-14-22,23-15-7-2-8-16-23)24-17-9-3-10-18-24/h1-20,26H,21H2,(H,30,33)(H,31,32)/t26-/m0/s1. The Labute approximate surface area is 208 Å². The number of carboxylic acids is 1. The van der Waals surface area contributed by atoms with Gasteiger partial charge in [0.05, 0.1) is 4.75 Å². The summed E-state index contributed by atoms with van der Waals surface area (Å²) >= 11 is 1.46. The van der Waals surface area contributed by atoms with Crippen molar-refractivity contribution >= 4 is 23.8 Å². The maximum atomic E-state index is 12.5. The lowest BCUT2D eigenvalue weighted by Crippen LogP contribution is -2.45. The van der Waals surface area contributed by atoms with Crippen LogP contribution in [-0.2, 0) is 9.54 Å². The van der Waals surface area contributed by atoms with Gasteiger partial charge in [0.15, 0.2) is 0 Å². The average Bonchev–Trinajstić information content (AvgIpc) is 2.90. The molecule has 4 aromatic rings. The lowest BCUT2D eigenvalue weighted by Gasteiger charge is -2.36. The van der Waals surface area contributed by atoms with Gasteiger partial charge in [0.2, 0.25) is 0 Å². The van der Waals surface area contributed by atoms with Crippen molar-refractivity contribution in [3.8, 4) is 5.75 Å². The van der Waals surface area contributed by atoms with Crippen molar-refractivity contribution in [2.45, 2.75) is 10.8 Å². The van der Waals surface area contributed by atoms with Gasteiger partial charge < -0.3 is 15.2 Å². The molecule has 0 aliphatic carbocycles. The van der Waals surface area contributed by atoms with E-state index in [1.54, 1.807) is 30.3 Å². The molecule has 0 aliphatic rings. The molecular formula is C29H25NO4S. The molecule has 4 aromatic carbocycles. The number of aliphatic carboxylic acids is 1. The van der Waals surface area contributed by atoms with Crippen LogP contribution in [0.3, 0.4) is 0 Å². The fourth-order valence-electron chi connectivity index (χ4n) is 3.92. The van der Waals surface area contributed by atoms with Gasteiger partial charge in [-0.05, 0) is 28.8 Å². The molecule has 0 spiro atoms. The summed E-state index contributed by atoms with van der Waals surface area (Å²) < 4.78 is 4.57. The Morgan fingerprint density at radius 3 is 1.51 bits per heavy atom. The van der Waals surface area contributed by atoms with Crippen LogP contribution in [0.5, 0.6) is 5.75 Å². The van der Waals surface area contributed by atoms with E-state index < -0.39 is 22.9 Å². The number of rotatable bonds is 9. The number of amides is 1. The molecule has 0 unspecified atom stereocenters. The molecule has 0 saturated carbocycles. The molecule has 0 bridgehead atoms. The lowest BCUT2D eigenvalue weighted by atomic mass is 9.84. The van der Waals surface area contributed by atoms with Crippen LogP contribution in [0.1, 0.15) is 16.7 Å². The molecule has 0 heterocycles. The Bertz CT molecular complexity index is 1140. The van der Waals surface area contributed by atoms with E-state index in [0.29, 0.717) is 5.75 Å². The van der Waals surface area contributed by atoms with Crippen LogP contribution in [0.2, 0.25) is 0 Å². The molecule has 5 nitrogen and oxygen atoms in total. The zero-order chi connectivity index (χ0) is 24.5. The number of hydrogen-bond donors (Lipinski definition) is 2. The first kappa shape index (κ1) is 24.1. The van der Waals surface area contributed by atoms with Crippen LogP contribution in [-0.4, -0.2) is 29.0 Å². The van der Waals surface area contributed by atoms with E-state index in [1.165, 1.54) is 11.8 Å². The maximum absolute atomic E-state index is 12.5. The average molecular weight is 484 g/mol. The Hall–Kier alpha value is -4.03. The summed E-state index contributed by atoms with van der Waals surface area (Å²) in [5.74, 6) is -0.683. The van der Waals surface area contributed by atoms with E-state index in [2.05, 4.69) is 5.32 Å². The van der Waals surface area contributed by atoms with Gasteiger partial charge in [-0.1, -0.05) is 109 Å². The van der Waals surface area contributed by atoms with Crippen LogP contribution >= 0.6 is 11.8 Å². The minimum absolute atomic E-state index is 0.109. The molecule has 1 amide bonds. The number of benzene rings is 4. The number of ether oxygens (including phenoxy) is 1. The van der Waals surface area contributed by atoms with E-state index in [0.717, 1.165) is 16.7 Å². The van der Waals surface area contributed by atoms with Gasteiger partial charge in [-0.3, -0.25) is 0 Å². The van der Waals surface area contributed by atoms with E-state index in [9.17, 15) is 14.7 Å². The SMILES string of the molecule is O=C(N[C@@H](CSC(c1ccccc1)(c1ccccc1)c1ccccc1)C(=O)O)Oc1ccccc1. The van der Waals surface area contributed by atoms with E-state index in [-0.39, 0.29) is 5.75 Å². The number of hydrogen-bond acceptors (Lipinski definition) is 4. The smallest absolute Gasteiger partial charge is 0.413 e. The van der Waals surface area contributed by atoms with Crippen molar-refractivity contribution in [1.29, 1.82) is 0 Å². The summed E-state index contributed by atoms with van der Waals surface area (Å²) in [5.41, 5.74) is 3.04. The summed E-state index contributed by atoms with van der Waals surface area (Å²) in [7, 11) is 0. The van der Waals surface area contributed by atoms with Crippen molar-refractivity contribution in [1.82, 2.24) is 5.32 Å². The van der Waals surface area contributed by atoms with Crippen molar-refractivity contribution in [2.75, 3.05) is 5.75 Å². The van der Waals surface area contributed by atoms with Crippen LogP contribution < -0.4 is 10.1 Å². The second kappa shape index (κ2) is 11.4. The molecule has 0 saturated heterocycles. The molecule has 35 heavy (non-hydrogen) atoms. The number of thioether (sulfide) groups is 1. The predicted molar refractivity (Wildman–Crippen MR) is 139 cm³/mol. The van der Waals surface area contributed by atoms with Crippen LogP contribution in [0.4, 0.5) is 4.79 Å². The fraction of sp³-hybridized carbons (Fsp3) is 0.103. The maximum Gasteiger partial charge on any atom is 0.413 e. The van der Waals surface area contributed by atoms with Gasteiger partial charge >= 0.3 is 12.1 Å². The second-order valence-corrected chi connectivity index (χ2v) is 9.06. The molecule has 1 atom stereocenters. The molecule has 176 valence electrons. The topological polar surface area (TPSA) is 75.6 Å². The Morgan fingerprint density at radius 1 is 0.714 bits per heavy atom. The number of nitrogens with one attached hydrogen (secondary N) is 1. The molecule has 0 aliphatic heterocycles. The van der Waals surface area contributed by atoms with Crippen LogP contribution in [0, 0.1) is 0 Å². The Morgan fingerprint density at radius 2 is 1.11 bits per heavy atom. The third-order valence-corrected chi connectivity index (χ3v) is 7.19. The highest BCUT2D eigenvalue weighted by atomic mass is 32.2. The lowest BCUT2D eigenvalue weighted by molar-refractivity contribution is -0.138. The van der Waals surface area contributed by atoms with Crippen LogP contribution in [0.25, 0.3) is 0 Å². The highest BCUT2D eigenvalue weighted by Gasteiger charge is 2.38. The van der Waals surface area contributed by atoms with E-state index in [1.807, 2.05) is 91.0 Å². The number of carbonyl (C=O) groups is 2. The summed E-state index contributed by atoms with van der Waals surface area (Å²) in [6, 6.07) is 37.3. The second-order valence-electron chi connectivity index (χ2n) is 7.83. The van der Waals surface area contributed by atoms with Gasteiger partial charge in [0.1, 0.15) is 11.8 Å². The first-order valence-electron chi connectivity index (χ1n) is 11.2. The van der Waals surface area contributed by atoms with Crippen molar-refractivity contribution < 1.29 is 19.4 Å². The zero-order valence-electron chi connectivity index (χ0n) is 18.9. The molecular weight excluding hydrogens is 458 g/mol. The monoisotopic (exact) mass is 483 g/mol. The third kappa shape index (κ3) is 5.73. The van der Waals surface area contributed by atoms with E-state index in [4.69, 9.17) is 4.74 Å². The highest BCUT2D eigenvalue weighted by molar-refractivity contribution is 8.00. The minimum Gasteiger partial charge on any atom is -0.480 e. The molecule has 2 N–H and O–H groups in total. The summed E-state index contributed by atoms with van der Waals surface area (Å²) in [6.45, 7) is 0. The highest BCUT2D eigenvalue weighted by Crippen LogP contribution is 2.48. The van der Waals surface area contributed by atoms with Gasteiger partial charge in [-0.2, -0.15) is 0 Å². The van der Waals surface area contributed by atoms with Gasteiger partial charge in [-0.15, -0.1) is 11.8 Å². The Balaban J connectivity index is 1.67. The molecule has 0 fully saturated rings. The zero-order valence-corrected chi connectivity index (χ0v) is 19.7. The molecule has 4 rings (SSSR count). The first-order valence-corrected chi connectivity index (χ1v) is 12.1. The van der Waals surface area contributed by atoms with Crippen molar-refractivity contribution in [3.05, 3.63) is 138 Å². The summed E-state index contributed by atoms with van der Waals surface area (Å²) in [6.07, 6.45) is -0.811. The molecule has 0 radical (unpaired) electrons. The predicted octanol–water partition coefficient (Wildman–Crippen LogP) is 5.95. The minimum atomic E-state index is -1.16. The number of para-hydroxylation sites is 1. The number of carbonyl (C=O) groups excluding carboxylic acids is 1. The normalized spacial score (nSPS) is 11.9. The van der Waals surface area contributed by atoms with Gasteiger partial charge in [0.25, 0.3) is 0 Å². The molecule has 6 heteroatoms. The Kier molecular flexibility index (Phi) is 7.85. The molecule has 0 aromatic heterocycles. The largest absolute Gasteiger partial charge is 0.480 e. The summed E-state index contributed by atoms with van der Waals surface area (Å²) in [4.78, 5) is 24.6. The fourth-order valence-corrected chi connectivity index (χ4v) is 5.47. The van der Waals surface area contributed by atoms with E-state index >= 15 is 0 Å². The van der Waals surface area contributed by atoms with Crippen LogP contribution in [0.15, 0.2) is 121 Å². The van der Waals surface area contributed by atoms with Crippen molar-refractivity contribution in [2.24, 2.45) is 0 Å². The quantitative estimate of drug-likeness (QED) is 0.288. The van der Waals surface area contributed by atoms with Crippen molar-refractivity contribution in [3.63, 3.8) is 0 Å². The summed E-state index contributed by atoms with van der Waals surface area (Å²) in [5, 5.41) is 12.4. The van der Waals surface area contributed by atoms with Gasteiger partial charge in [-0.25, -0.2) is 9.59 Å². The van der Waals surface area contributed by atoms with Gasteiger partial charge in [0, 0.05) is 5.75 Å². The third-order valence-electron chi connectivity index (χ3n) is 5.55. The first-order chi connectivity index (χ1) is 17.1. The number of carboxylic acid groups (broad SMARTS) is 1.